The summed E-state index contributed by atoms with van der Waals surface area (Å²) in [7, 11) is 1.61. The van der Waals surface area contributed by atoms with Crippen molar-refractivity contribution in [1.29, 1.82) is 0 Å². The van der Waals surface area contributed by atoms with Crippen molar-refractivity contribution in [2.24, 2.45) is 5.73 Å². The van der Waals surface area contributed by atoms with Gasteiger partial charge in [-0.2, -0.15) is 26.3 Å². The number of halogens is 6. The van der Waals surface area contributed by atoms with Gasteiger partial charge in [-0.25, -0.2) is 0 Å². The first-order valence-corrected chi connectivity index (χ1v) is 8.77. The van der Waals surface area contributed by atoms with Crippen LogP contribution in [0, 0.1) is 0 Å². The number of carbonyl (C=O) groups is 1. The summed E-state index contributed by atoms with van der Waals surface area (Å²) in [5.41, 5.74) is 2.89. The van der Waals surface area contributed by atoms with Crippen molar-refractivity contribution in [3.05, 3.63) is 70.8 Å². The Hall–Kier alpha value is -2.59. The quantitative estimate of drug-likeness (QED) is 0.627. The van der Waals surface area contributed by atoms with Gasteiger partial charge in [0.15, 0.2) is 0 Å². The molecular formula is C20H20F6N2O2. The van der Waals surface area contributed by atoms with Crippen LogP contribution in [-0.2, 0) is 28.5 Å². The van der Waals surface area contributed by atoms with E-state index in [0.29, 0.717) is 12.1 Å². The fourth-order valence-corrected chi connectivity index (χ4v) is 2.90. The number of benzene rings is 2. The van der Waals surface area contributed by atoms with E-state index in [1.165, 1.54) is 0 Å². The molecule has 0 radical (unpaired) electrons. The van der Waals surface area contributed by atoms with E-state index in [2.05, 4.69) is 0 Å². The van der Waals surface area contributed by atoms with Gasteiger partial charge in [0.05, 0.1) is 36.9 Å². The van der Waals surface area contributed by atoms with E-state index >= 15 is 0 Å². The summed E-state index contributed by atoms with van der Waals surface area (Å²) in [6.45, 7) is -0.656. The Kier molecular flexibility index (Phi) is 7.49. The number of likely N-dealkylation sites (N-methyl/N-ethyl adjacent to an activating group) is 1. The van der Waals surface area contributed by atoms with Gasteiger partial charge < -0.3 is 10.5 Å². The van der Waals surface area contributed by atoms with Crippen LogP contribution in [0.2, 0.25) is 0 Å². The lowest BCUT2D eigenvalue weighted by Gasteiger charge is -2.27. The van der Waals surface area contributed by atoms with Gasteiger partial charge in [0, 0.05) is 0 Å². The molecule has 0 bridgehead atoms. The molecule has 164 valence electrons. The number of alkyl halides is 6. The van der Waals surface area contributed by atoms with Crippen LogP contribution in [0.1, 0.15) is 28.3 Å². The maximum atomic E-state index is 13.0. The highest BCUT2D eigenvalue weighted by Gasteiger charge is 2.36. The molecule has 0 aromatic heterocycles. The smallest absolute Gasteiger partial charge is 0.375 e. The van der Waals surface area contributed by atoms with Gasteiger partial charge >= 0.3 is 12.4 Å². The third kappa shape index (κ3) is 6.74. The lowest BCUT2D eigenvalue weighted by molar-refractivity contribution is -0.143. The summed E-state index contributed by atoms with van der Waals surface area (Å²) >= 11 is 0. The first-order chi connectivity index (χ1) is 13.9. The number of rotatable bonds is 8. The number of nitrogens with two attached hydrogens (primary N) is 1. The topological polar surface area (TPSA) is 55.6 Å². The van der Waals surface area contributed by atoms with Crippen LogP contribution in [0.5, 0.6) is 0 Å². The highest BCUT2D eigenvalue weighted by Crippen LogP contribution is 2.36. The molecule has 0 heterocycles. The predicted molar refractivity (Wildman–Crippen MR) is 97.1 cm³/mol. The molecule has 0 unspecified atom stereocenters. The second-order valence-corrected chi connectivity index (χ2v) is 6.74. The zero-order valence-electron chi connectivity index (χ0n) is 15.9. The first kappa shape index (κ1) is 23.7. The number of primary amides is 1. The summed E-state index contributed by atoms with van der Waals surface area (Å²) in [6.07, 6.45) is -9.85. The molecule has 0 fully saturated rings. The van der Waals surface area contributed by atoms with Crippen molar-refractivity contribution >= 4 is 5.91 Å². The van der Waals surface area contributed by atoms with Gasteiger partial charge in [0.2, 0.25) is 5.91 Å². The molecule has 0 aliphatic heterocycles. The van der Waals surface area contributed by atoms with Crippen molar-refractivity contribution < 1.29 is 35.9 Å². The summed E-state index contributed by atoms with van der Waals surface area (Å²) in [5, 5.41) is 0. The predicted octanol–water partition coefficient (Wildman–Crippen LogP) is 4.40. The molecule has 2 aromatic rings. The molecule has 0 aliphatic carbocycles. The molecule has 2 N–H and O–H groups in total. The fraction of sp³-hybridized carbons (Fsp3) is 0.350. The maximum Gasteiger partial charge on any atom is 0.416 e. The second-order valence-electron chi connectivity index (χ2n) is 6.74. The second kappa shape index (κ2) is 9.48. The van der Waals surface area contributed by atoms with Gasteiger partial charge in [-0.3, -0.25) is 9.69 Å². The number of nitrogens with zero attached hydrogens (tertiary/aromatic N) is 1. The molecule has 1 atom stereocenters. The molecule has 2 aromatic carbocycles. The van der Waals surface area contributed by atoms with Crippen molar-refractivity contribution in [2.75, 3.05) is 20.2 Å². The Balaban J connectivity index is 2.20. The summed E-state index contributed by atoms with van der Waals surface area (Å²) < 4.78 is 83.3. The zero-order valence-corrected chi connectivity index (χ0v) is 15.9. The van der Waals surface area contributed by atoms with Crippen molar-refractivity contribution in [1.82, 2.24) is 4.90 Å². The Morgan fingerprint density at radius 1 is 1.00 bits per heavy atom. The molecule has 10 heteroatoms. The van der Waals surface area contributed by atoms with Gasteiger partial charge in [-0.1, -0.05) is 30.3 Å². The highest BCUT2D eigenvalue weighted by atomic mass is 19.4. The number of amides is 1. The molecule has 1 amide bonds. The minimum atomic E-state index is -4.93. The van der Waals surface area contributed by atoms with Gasteiger partial charge in [0.1, 0.15) is 0 Å². The van der Waals surface area contributed by atoms with E-state index in [1.807, 2.05) is 0 Å². The number of carbonyl (C=O) groups excluding carboxylic acids is 1. The Bertz CT molecular complexity index is 820. The van der Waals surface area contributed by atoms with E-state index < -0.39 is 42.0 Å². The Labute approximate surface area is 169 Å². The average molecular weight is 434 g/mol. The molecular weight excluding hydrogens is 414 g/mol. The van der Waals surface area contributed by atoms with Crippen LogP contribution in [-0.4, -0.2) is 31.0 Å². The van der Waals surface area contributed by atoms with E-state index in [1.54, 1.807) is 42.3 Å². The largest absolute Gasteiger partial charge is 0.416 e. The molecule has 2 rings (SSSR count). The molecule has 0 aliphatic rings. The van der Waals surface area contributed by atoms with Gasteiger partial charge in [0.25, 0.3) is 0 Å². The van der Waals surface area contributed by atoms with E-state index in [4.69, 9.17) is 10.5 Å². The number of hydrogen-bond donors (Lipinski definition) is 1. The lowest BCUT2D eigenvalue weighted by atomic mass is 10.0. The fourth-order valence-electron chi connectivity index (χ4n) is 2.90. The highest BCUT2D eigenvalue weighted by molar-refractivity contribution is 5.75. The normalized spacial score (nSPS) is 13.5. The van der Waals surface area contributed by atoms with E-state index in [9.17, 15) is 31.1 Å². The van der Waals surface area contributed by atoms with Crippen LogP contribution < -0.4 is 5.73 Å². The Morgan fingerprint density at radius 2 is 1.53 bits per heavy atom. The molecule has 0 saturated carbocycles. The number of hydrogen-bond acceptors (Lipinski definition) is 3. The van der Waals surface area contributed by atoms with E-state index in [0.717, 1.165) is 5.56 Å². The summed E-state index contributed by atoms with van der Waals surface area (Å²) in [4.78, 5) is 12.8. The lowest BCUT2D eigenvalue weighted by Crippen LogP contribution is -2.35. The van der Waals surface area contributed by atoms with Gasteiger partial charge in [-0.15, -0.1) is 0 Å². The summed E-state index contributed by atoms with van der Waals surface area (Å²) in [6, 6.07) is 9.64. The minimum absolute atomic E-state index is 0.0664. The number of ether oxygens (including phenoxy) is 1. The molecule has 0 spiro atoms. The molecule has 30 heavy (non-hydrogen) atoms. The maximum absolute atomic E-state index is 13.0. The molecule has 4 nitrogen and oxygen atoms in total. The van der Waals surface area contributed by atoms with Crippen LogP contribution in [0.15, 0.2) is 48.5 Å². The van der Waals surface area contributed by atoms with Crippen LogP contribution >= 0.6 is 0 Å². The first-order valence-electron chi connectivity index (χ1n) is 8.77. The average Bonchev–Trinajstić information content (AvgIpc) is 2.63. The third-order valence-electron chi connectivity index (χ3n) is 4.31. The minimum Gasteiger partial charge on any atom is -0.375 e. The van der Waals surface area contributed by atoms with Gasteiger partial charge in [-0.05, 0) is 36.4 Å². The zero-order chi connectivity index (χ0) is 22.5. The van der Waals surface area contributed by atoms with Crippen molar-refractivity contribution in [2.45, 2.75) is 25.0 Å². The van der Waals surface area contributed by atoms with Crippen LogP contribution in [0.25, 0.3) is 0 Å². The van der Waals surface area contributed by atoms with Crippen molar-refractivity contribution in [3.8, 4) is 0 Å². The molecule has 0 saturated heterocycles. The van der Waals surface area contributed by atoms with Crippen LogP contribution in [0.4, 0.5) is 26.3 Å². The van der Waals surface area contributed by atoms with Crippen LogP contribution in [0.3, 0.4) is 0 Å². The Morgan fingerprint density at radius 3 is 2.00 bits per heavy atom. The summed E-state index contributed by atoms with van der Waals surface area (Å²) in [5.74, 6) is -0.592. The third-order valence-corrected chi connectivity index (χ3v) is 4.31. The monoisotopic (exact) mass is 434 g/mol. The SMILES string of the molecule is CN(CC(N)=O)[C@H](COCc1cc(C(F)(F)F)cc(C(F)(F)F)c1)c1ccccc1. The van der Waals surface area contributed by atoms with E-state index in [-0.39, 0.29) is 24.8 Å². The standard InChI is InChI=1S/C20H20F6N2O2/c1-28(10-18(27)29)17(14-5-3-2-4-6-14)12-30-11-13-7-15(19(21,22)23)9-16(8-13)20(24,25)26/h2-9,17H,10-12H2,1H3,(H2,27,29)/t17-/m1/s1. The van der Waals surface area contributed by atoms with Crippen molar-refractivity contribution in [3.63, 3.8) is 0 Å².